The van der Waals surface area contributed by atoms with Gasteiger partial charge in [0, 0.05) is 0 Å². The summed E-state index contributed by atoms with van der Waals surface area (Å²) >= 11 is 0. The van der Waals surface area contributed by atoms with Crippen LogP contribution in [0.5, 0.6) is 0 Å². The fourth-order valence-electron chi connectivity index (χ4n) is 2.28. The van der Waals surface area contributed by atoms with Gasteiger partial charge in [-0.1, -0.05) is 37.8 Å². The normalized spacial score (nSPS) is 10.9. The number of aryl methyl sites for hydroxylation is 1. The van der Waals surface area contributed by atoms with E-state index in [1.54, 1.807) is 12.1 Å². The largest absolute Gasteiger partial charge is 0.478 e. The quantitative estimate of drug-likeness (QED) is 0.661. The van der Waals surface area contributed by atoms with Crippen molar-refractivity contribution in [3.05, 3.63) is 35.4 Å². The van der Waals surface area contributed by atoms with Crippen LogP contribution in [0.25, 0.3) is 0 Å². The zero-order chi connectivity index (χ0) is 14.8. The molecule has 0 atom stereocenters. The molecule has 0 aliphatic carbocycles. The van der Waals surface area contributed by atoms with Crippen molar-refractivity contribution < 1.29 is 9.90 Å². The molecule has 0 aliphatic heterocycles. The van der Waals surface area contributed by atoms with Gasteiger partial charge in [-0.15, -0.1) is 0 Å². The zero-order valence-electron chi connectivity index (χ0n) is 12.8. The monoisotopic (exact) mass is 277 g/mol. The van der Waals surface area contributed by atoms with Crippen LogP contribution in [0.3, 0.4) is 0 Å². The van der Waals surface area contributed by atoms with E-state index in [9.17, 15) is 4.79 Å². The van der Waals surface area contributed by atoms with E-state index in [1.807, 2.05) is 12.1 Å². The first-order valence-corrected chi connectivity index (χ1v) is 7.56. The van der Waals surface area contributed by atoms with E-state index < -0.39 is 5.97 Å². The Bertz CT molecular complexity index is 384. The first kappa shape index (κ1) is 16.7. The maximum absolute atomic E-state index is 10.7. The molecule has 0 bridgehead atoms. The van der Waals surface area contributed by atoms with E-state index >= 15 is 0 Å². The first-order valence-electron chi connectivity index (χ1n) is 7.56. The third-order valence-electron chi connectivity index (χ3n) is 3.52. The van der Waals surface area contributed by atoms with Gasteiger partial charge in [-0.25, -0.2) is 4.79 Å². The maximum Gasteiger partial charge on any atom is 0.335 e. The van der Waals surface area contributed by atoms with Crippen molar-refractivity contribution in [3.8, 4) is 0 Å². The molecule has 0 aliphatic rings. The number of carbonyl (C=O) groups is 1. The second-order valence-corrected chi connectivity index (χ2v) is 5.68. The molecular weight excluding hydrogens is 250 g/mol. The molecule has 0 aromatic heterocycles. The molecule has 0 spiro atoms. The zero-order valence-corrected chi connectivity index (χ0v) is 12.8. The van der Waals surface area contributed by atoms with Crippen LogP contribution in [0.4, 0.5) is 0 Å². The molecule has 0 unspecified atom stereocenters. The van der Waals surface area contributed by atoms with E-state index in [0.717, 1.165) is 6.42 Å². The van der Waals surface area contributed by atoms with Crippen molar-refractivity contribution in [2.45, 2.75) is 44.9 Å². The summed E-state index contributed by atoms with van der Waals surface area (Å²) in [6.07, 6.45) is 8.77. The Morgan fingerprint density at radius 3 is 2.05 bits per heavy atom. The Labute approximate surface area is 122 Å². The summed E-state index contributed by atoms with van der Waals surface area (Å²) in [5, 5.41) is 8.82. The van der Waals surface area contributed by atoms with Gasteiger partial charge < -0.3 is 10.0 Å². The smallest absolute Gasteiger partial charge is 0.335 e. The van der Waals surface area contributed by atoms with Crippen molar-refractivity contribution in [3.63, 3.8) is 0 Å². The Morgan fingerprint density at radius 2 is 1.50 bits per heavy atom. The number of hydrogen-bond acceptors (Lipinski definition) is 2. The van der Waals surface area contributed by atoms with Crippen LogP contribution in [0.15, 0.2) is 24.3 Å². The fourth-order valence-corrected chi connectivity index (χ4v) is 2.28. The van der Waals surface area contributed by atoms with Gasteiger partial charge >= 0.3 is 5.97 Å². The average Bonchev–Trinajstić information content (AvgIpc) is 2.42. The number of rotatable bonds is 10. The van der Waals surface area contributed by atoms with Crippen molar-refractivity contribution in [1.29, 1.82) is 0 Å². The predicted molar refractivity (Wildman–Crippen MR) is 83.4 cm³/mol. The summed E-state index contributed by atoms with van der Waals surface area (Å²) in [5.74, 6) is -0.853. The minimum absolute atomic E-state index is 0.370. The predicted octanol–water partition coefficient (Wildman–Crippen LogP) is 3.83. The number of nitrogens with zero attached hydrogens (tertiary/aromatic N) is 1. The molecule has 3 heteroatoms. The van der Waals surface area contributed by atoms with Gasteiger partial charge in [0.25, 0.3) is 0 Å². The van der Waals surface area contributed by atoms with Gasteiger partial charge in [0.2, 0.25) is 0 Å². The molecule has 0 radical (unpaired) electrons. The Morgan fingerprint density at radius 1 is 0.950 bits per heavy atom. The van der Waals surface area contributed by atoms with Gasteiger partial charge in [0.05, 0.1) is 5.56 Å². The maximum atomic E-state index is 10.7. The molecule has 1 aromatic rings. The number of carboxylic acid groups (broad SMARTS) is 1. The van der Waals surface area contributed by atoms with Crippen LogP contribution in [-0.4, -0.2) is 36.6 Å². The lowest BCUT2D eigenvalue weighted by Crippen LogP contribution is -2.12. The number of unbranched alkanes of at least 4 members (excludes halogenated alkanes) is 5. The molecule has 1 aromatic carbocycles. The SMILES string of the molecule is CN(C)CCCCCCCCc1ccc(C(=O)O)cc1. The number of benzene rings is 1. The van der Waals surface area contributed by atoms with Crippen molar-refractivity contribution in [1.82, 2.24) is 4.90 Å². The summed E-state index contributed by atoms with van der Waals surface area (Å²) in [7, 11) is 4.24. The van der Waals surface area contributed by atoms with Gasteiger partial charge in [-0.3, -0.25) is 0 Å². The van der Waals surface area contributed by atoms with Gasteiger partial charge in [0.15, 0.2) is 0 Å². The highest BCUT2D eigenvalue weighted by Crippen LogP contribution is 2.11. The van der Waals surface area contributed by atoms with E-state index in [2.05, 4.69) is 19.0 Å². The van der Waals surface area contributed by atoms with Gasteiger partial charge in [-0.05, 0) is 57.6 Å². The molecule has 20 heavy (non-hydrogen) atoms. The fraction of sp³-hybridized carbons (Fsp3) is 0.588. The number of hydrogen-bond donors (Lipinski definition) is 1. The highest BCUT2D eigenvalue weighted by Gasteiger charge is 2.01. The second kappa shape index (κ2) is 9.54. The number of carboxylic acids is 1. The summed E-state index contributed by atoms with van der Waals surface area (Å²) in [6.45, 7) is 1.19. The summed E-state index contributed by atoms with van der Waals surface area (Å²) in [4.78, 5) is 13.0. The third-order valence-corrected chi connectivity index (χ3v) is 3.52. The molecule has 0 fully saturated rings. The molecule has 1 rings (SSSR count). The molecular formula is C17H27NO2. The van der Waals surface area contributed by atoms with Crippen molar-refractivity contribution in [2.75, 3.05) is 20.6 Å². The van der Waals surface area contributed by atoms with Crippen LogP contribution in [-0.2, 0) is 6.42 Å². The topological polar surface area (TPSA) is 40.5 Å². The lowest BCUT2D eigenvalue weighted by Gasteiger charge is -2.08. The van der Waals surface area contributed by atoms with Crippen molar-refractivity contribution in [2.24, 2.45) is 0 Å². The molecule has 0 heterocycles. The van der Waals surface area contributed by atoms with Gasteiger partial charge in [0.1, 0.15) is 0 Å². The van der Waals surface area contributed by atoms with Gasteiger partial charge in [-0.2, -0.15) is 0 Å². The standard InChI is InChI=1S/C17H27NO2/c1-18(2)14-8-6-4-3-5-7-9-15-10-12-16(13-11-15)17(19)20/h10-13H,3-9,14H2,1-2H3,(H,19,20). The lowest BCUT2D eigenvalue weighted by atomic mass is 10.0. The van der Waals surface area contributed by atoms with Crippen LogP contribution in [0.2, 0.25) is 0 Å². The summed E-state index contributed by atoms with van der Waals surface area (Å²) < 4.78 is 0. The van der Waals surface area contributed by atoms with E-state index in [1.165, 1.54) is 50.6 Å². The molecule has 0 amide bonds. The lowest BCUT2D eigenvalue weighted by molar-refractivity contribution is 0.0697. The Balaban J connectivity index is 2.05. The number of aromatic carboxylic acids is 1. The van der Waals surface area contributed by atoms with Crippen LogP contribution < -0.4 is 0 Å². The minimum atomic E-state index is -0.853. The Hall–Kier alpha value is -1.35. The minimum Gasteiger partial charge on any atom is -0.478 e. The van der Waals surface area contributed by atoms with Crippen LogP contribution in [0.1, 0.15) is 54.4 Å². The summed E-state index contributed by atoms with van der Waals surface area (Å²) in [6, 6.07) is 7.25. The summed E-state index contributed by atoms with van der Waals surface area (Å²) in [5.41, 5.74) is 1.61. The van der Waals surface area contributed by atoms with E-state index in [0.29, 0.717) is 5.56 Å². The van der Waals surface area contributed by atoms with E-state index in [-0.39, 0.29) is 0 Å². The highest BCUT2D eigenvalue weighted by molar-refractivity contribution is 5.87. The molecule has 0 saturated heterocycles. The second-order valence-electron chi connectivity index (χ2n) is 5.68. The molecule has 3 nitrogen and oxygen atoms in total. The average molecular weight is 277 g/mol. The van der Waals surface area contributed by atoms with Crippen molar-refractivity contribution >= 4 is 5.97 Å². The molecule has 0 saturated carbocycles. The Kier molecular flexibility index (Phi) is 7.97. The molecule has 1 N–H and O–H groups in total. The van der Waals surface area contributed by atoms with Crippen LogP contribution >= 0.6 is 0 Å². The highest BCUT2D eigenvalue weighted by atomic mass is 16.4. The first-order chi connectivity index (χ1) is 9.59. The molecule has 112 valence electrons. The van der Waals surface area contributed by atoms with E-state index in [4.69, 9.17) is 5.11 Å². The third kappa shape index (κ3) is 7.29. The van der Waals surface area contributed by atoms with Crippen LogP contribution in [0, 0.1) is 0 Å².